The van der Waals surface area contributed by atoms with Gasteiger partial charge in [-0.15, -0.1) is 0 Å². The average Bonchev–Trinajstić information content (AvgIpc) is 3.10. The van der Waals surface area contributed by atoms with Crippen LogP contribution >= 0.6 is 0 Å². The first-order valence-corrected chi connectivity index (χ1v) is 8.21. The van der Waals surface area contributed by atoms with Crippen LogP contribution in [0.5, 0.6) is 5.75 Å². The predicted octanol–water partition coefficient (Wildman–Crippen LogP) is 2.79. The van der Waals surface area contributed by atoms with Gasteiger partial charge in [-0.2, -0.15) is 0 Å². The number of rotatable bonds is 3. The first-order chi connectivity index (χ1) is 10.8. The fraction of sp³-hybridized carbons (Fsp3) is 0.588. The Hall–Kier alpha value is -1.75. The molecule has 1 saturated carbocycles. The molecule has 0 bridgehead atoms. The van der Waals surface area contributed by atoms with Gasteiger partial charge in [-0.3, -0.25) is 4.90 Å². The van der Waals surface area contributed by atoms with Crippen molar-refractivity contribution in [2.24, 2.45) is 0 Å². The molecule has 2 aliphatic rings. The van der Waals surface area contributed by atoms with Gasteiger partial charge in [-0.1, -0.05) is 25.0 Å². The summed E-state index contributed by atoms with van der Waals surface area (Å²) in [6, 6.07) is 8.24. The lowest BCUT2D eigenvalue weighted by Gasteiger charge is -2.38. The topological polar surface area (TPSA) is 44.8 Å². The van der Waals surface area contributed by atoms with E-state index in [4.69, 9.17) is 4.74 Å². The van der Waals surface area contributed by atoms with E-state index in [1.807, 2.05) is 29.2 Å². The van der Waals surface area contributed by atoms with Gasteiger partial charge in [0.1, 0.15) is 5.75 Å². The number of piperazine rings is 1. The zero-order valence-corrected chi connectivity index (χ0v) is 13.3. The number of para-hydroxylation sites is 2. The lowest BCUT2D eigenvalue weighted by atomic mass is 10.2. The summed E-state index contributed by atoms with van der Waals surface area (Å²) in [5.74, 6) is 0.695. The smallest absolute Gasteiger partial charge is 0.322 e. The minimum absolute atomic E-state index is 0.0319. The Morgan fingerprint density at radius 3 is 2.50 bits per heavy atom. The number of benzene rings is 1. The molecular formula is C17H25N3O2. The fourth-order valence-electron chi connectivity index (χ4n) is 3.50. The summed E-state index contributed by atoms with van der Waals surface area (Å²) in [5, 5.41) is 2.96. The first-order valence-electron chi connectivity index (χ1n) is 8.21. The summed E-state index contributed by atoms with van der Waals surface area (Å²) in [7, 11) is 1.62. The molecule has 5 heteroatoms. The van der Waals surface area contributed by atoms with Crippen molar-refractivity contribution in [1.82, 2.24) is 9.80 Å². The molecule has 1 saturated heterocycles. The fourth-order valence-corrected chi connectivity index (χ4v) is 3.50. The summed E-state index contributed by atoms with van der Waals surface area (Å²) in [5.41, 5.74) is 0.730. The third-order valence-electron chi connectivity index (χ3n) is 4.79. The van der Waals surface area contributed by atoms with E-state index < -0.39 is 0 Å². The van der Waals surface area contributed by atoms with Gasteiger partial charge in [0.15, 0.2) is 0 Å². The van der Waals surface area contributed by atoms with Crippen molar-refractivity contribution in [3.8, 4) is 5.75 Å². The molecule has 2 fully saturated rings. The van der Waals surface area contributed by atoms with E-state index in [9.17, 15) is 4.79 Å². The molecule has 0 radical (unpaired) electrons. The second-order valence-electron chi connectivity index (χ2n) is 6.09. The number of nitrogens with zero attached hydrogens (tertiary/aromatic N) is 2. The van der Waals surface area contributed by atoms with Crippen molar-refractivity contribution in [1.29, 1.82) is 0 Å². The number of carbonyl (C=O) groups excluding carboxylic acids is 1. The van der Waals surface area contributed by atoms with Gasteiger partial charge in [0.05, 0.1) is 12.8 Å². The molecule has 1 aliphatic heterocycles. The number of hydrogen-bond acceptors (Lipinski definition) is 3. The monoisotopic (exact) mass is 303 g/mol. The molecule has 5 nitrogen and oxygen atoms in total. The number of carbonyl (C=O) groups is 1. The number of nitrogens with one attached hydrogen (secondary N) is 1. The second-order valence-corrected chi connectivity index (χ2v) is 6.09. The van der Waals surface area contributed by atoms with Crippen LogP contribution < -0.4 is 10.1 Å². The Kier molecular flexibility index (Phi) is 4.83. The highest BCUT2D eigenvalue weighted by Gasteiger charge is 2.27. The molecule has 1 N–H and O–H groups in total. The average molecular weight is 303 g/mol. The number of ether oxygens (including phenoxy) is 1. The van der Waals surface area contributed by atoms with Gasteiger partial charge in [-0.25, -0.2) is 4.79 Å². The van der Waals surface area contributed by atoms with Gasteiger partial charge in [0.2, 0.25) is 0 Å². The van der Waals surface area contributed by atoms with E-state index in [-0.39, 0.29) is 6.03 Å². The Labute approximate surface area is 132 Å². The van der Waals surface area contributed by atoms with Crippen LogP contribution in [0.15, 0.2) is 24.3 Å². The van der Waals surface area contributed by atoms with Crippen molar-refractivity contribution >= 4 is 11.7 Å². The summed E-state index contributed by atoms with van der Waals surface area (Å²) < 4.78 is 5.28. The van der Waals surface area contributed by atoms with Crippen LogP contribution in [0.25, 0.3) is 0 Å². The Morgan fingerprint density at radius 2 is 1.82 bits per heavy atom. The zero-order chi connectivity index (χ0) is 15.4. The molecule has 0 aromatic heterocycles. The highest BCUT2D eigenvalue weighted by atomic mass is 16.5. The van der Waals surface area contributed by atoms with Crippen LogP contribution in [-0.4, -0.2) is 55.2 Å². The third kappa shape index (κ3) is 3.35. The summed E-state index contributed by atoms with van der Waals surface area (Å²) in [6.07, 6.45) is 5.37. The zero-order valence-electron chi connectivity index (χ0n) is 13.3. The SMILES string of the molecule is COc1ccccc1NC(=O)N1CCN(C2CCCC2)CC1. The molecule has 1 aromatic carbocycles. The largest absolute Gasteiger partial charge is 0.495 e. The molecule has 22 heavy (non-hydrogen) atoms. The van der Waals surface area contributed by atoms with E-state index in [1.165, 1.54) is 25.7 Å². The van der Waals surface area contributed by atoms with Crippen LogP contribution in [0.4, 0.5) is 10.5 Å². The molecule has 0 unspecified atom stereocenters. The van der Waals surface area contributed by atoms with Crippen molar-refractivity contribution < 1.29 is 9.53 Å². The number of urea groups is 1. The molecule has 1 aromatic rings. The lowest BCUT2D eigenvalue weighted by molar-refractivity contribution is 0.115. The van der Waals surface area contributed by atoms with E-state index in [1.54, 1.807) is 7.11 Å². The molecular weight excluding hydrogens is 278 g/mol. The van der Waals surface area contributed by atoms with Gasteiger partial charge < -0.3 is 15.0 Å². The van der Waals surface area contributed by atoms with Crippen molar-refractivity contribution in [2.45, 2.75) is 31.7 Å². The highest BCUT2D eigenvalue weighted by Crippen LogP contribution is 2.25. The molecule has 3 rings (SSSR count). The lowest BCUT2D eigenvalue weighted by Crippen LogP contribution is -2.52. The van der Waals surface area contributed by atoms with Crippen LogP contribution in [0.1, 0.15) is 25.7 Å². The van der Waals surface area contributed by atoms with E-state index in [0.717, 1.165) is 37.9 Å². The minimum atomic E-state index is -0.0319. The van der Waals surface area contributed by atoms with Crippen molar-refractivity contribution in [2.75, 3.05) is 38.6 Å². The van der Waals surface area contributed by atoms with Crippen LogP contribution in [0, 0.1) is 0 Å². The van der Waals surface area contributed by atoms with E-state index in [2.05, 4.69) is 10.2 Å². The quantitative estimate of drug-likeness (QED) is 0.934. The van der Waals surface area contributed by atoms with Crippen LogP contribution in [0.3, 0.4) is 0 Å². The number of amides is 2. The number of anilines is 1. The van der Waals surface area contributed by atoms with Gasteiger partial charge in [-0.05, 0) is 25.0 Å². The minimum Gasteiger partial charge on any atom is -0.495 e. The van der Waals surface area contributed by atoms with Crippen molar-refractivity contribution in [3.05, 3.63) is 24.3 Å². The van der Waals surface area contributed by atoms with Gasteiger partial charge in [0.25, 0.3) is 0 Å². The Morgan fingerprint density at radius 1 is 1.14 bits per heavy atom. The standard InChI is InChI=1S/C17H25N3O2/c1-22-16-9-5-4-8-15(16)18-17(21)20-12-10-19(11-13-20)14-6-2-3-7-14/h4-5,8-9,14H,2-3,6-7,10-13H2,1H3,(H,18,21). The third-order valence-corrected chi connectivity index (χ3v) is 4.79. The van der Waals surface area contributed by atoms with Crippen LogP contribution in [-0.2, 0) is 0 Å². The Bertz CT molecular complexity index is 506. The molecule has 0 atom stereocenters. The van der Waals surface area contributed by atoms with E-state index in [0.29, 0.717) is 5.75 Å². The maximum atomic E-state index is 12.4. The molecule has 0 spiro atoms. The summed E-state index contributed by atoms with van der Waals surface area (Å²) in [6.45, 7) is 3.59. The molecule has 2 amide bonds. The van der Waals surface area contributed by atoms with Crippen molar-refractivity contribution in [3.63, 3.8) is 0 Å². The number of methoxy groups -OCH3 is 1. The number of hydrogen-bond donors (Lipinski definition) is 1. The summed E-state index contributed by atoms with van der Waals surface area (Å²) >= 11 is 0. The maximum Gasteiger partial charge on any atom is 0.322 e. The molecule has 1 heterocycles. The second kappa shape index (κ2) is 7.01. The van der Waals surface area contributed by atoms with Gasteiger partial charge in [0, 0.05) is 32.2 Å². The predicted molar refractivity (Wildman–Crippen MR) is 87.4 cm³/mol. The molecule has 120 valence electrons. The molecule has 1 aliphatic carbocycles. The highest BCUT2D eigenvalue weighted by molar-refractivity contribution is 5.91. The van der Waals surface area contributed by atoms with E-state index >= 15 is 0 Å². The summed E-state index contributed by atoms with van der Waals surface area (Å²) in [4.78, 5) is 16.9. The normalized spacial score (nSPS) is 20.1. The van der Waals surface area contributed by atoms with Crippen LogP contribution in [0.2, 0.25) is 0 Å². The first kappa shape index (κ1) is 15.2. The Balaban J connectivity index is 1.53. The van der Waals surface area contributed by atoms with Gasteiger partial charge >= 0.3 is 6.03 Å². The maximum absolute atomic E-state index is 12.4.